The maximum absolute atomic E-state index is 17.8. The zero-order valence-electron chi connectivity index (χ0n) is 34.0. The quantitative estimate of drug-likeness (QED) is 0.0290. The highest BCUT2D eigenvalue weighted by Gasteiger charge is 2.79. The topological polar surface area (TPSA) is 278 Å². The van der Waals surface area contributed by atoms with E-state index in [1.807, 2.05) is 0 Å². The predicted octanol–water partition coefficient (Wildman–Crippen LogP) is 3.49. The summed E-state index contributed by atoms with van der Waals surface area (Å²) in [5, 5.41) is 57.2. The molecule has 4 aliphatic rings. The lowest BCUT2D eigenvalue weighted by Crippen LogP contribution is -2.71. The van der Waals surface area contributed by atoms with Gasteiger partial charge in [0.2, 0.25) is 11.4 Å². The molecule has 5 rings (SSSR count). The molecule has 0 aromatic heterocycles. The van der Waals surface area contributed by atoms with E-state index in [9.17, 15) is 34.2 Å². The van der Waals surface area contributed by atoms with Crippen molar-refractivity contribution in [2.75, 3.05) is 33.5 Å². The molecule has 9 atom stereocenters. The van der Waals surface area contributed by atoms with Gasteiger partial charge in [0.25, 0.3) is 0 Å². The van der Waals surface area contributed by atoms with Crippen LogP contribution in [0, 0.1) is 22.7 Å². The van der Waals surface area contributed by atoms with Gasteiger partial charge in [-0.2, -0.15) is 0 Å². The first kappa shape index (κ1) is 48.3. The summed E-state index contributed by atoms with van der Waals surface area (Å²) in [7, 11) is 1.26. The largest absolute Gasteiger partial charge is 0.514 e. The molecule has 20 nitrogen and oxygen atoms in total. The van der Waals surface area contributed by atoms with E-state index in [2.05, 4.69) is 9.68 Å². The van der Waals surface area contributed by atoms with Crippen LogP contribution in [0.2, 0.25) is 0 Å². The van der Waals surface area contributed by atoms with Crippen molar-refractivity contribution in [3.63, 3.8) is 0 Å². The van der Waals surface area contributed by atoms with Crippen molar-refractivity contribution in [3.05, 3.63) is 53.6 Å². The molecule has 0 spiro atoms. The second-order valence-corrected chi connectivity index (χ2v) is 15.8. The standard InChI is InChI=1S/C40H50F2N2O18/c1-37-13-12-24(45)18-27(37)28(41)19-26-25-20-31(46)40(38(25,2)21-32(47)39(26,37)42,62-35(50)7-6-16-60-44(54)55)33(48)22-58-36(51)61-29-10-8-23(17-30(29)56-3)9-11-34(49)57-14-4-5-15-59-43(52)53/h8-13,17-18,25-26,28,31-32,46-47,52-55H,4-7,14-16,19-22H2,1-3H3/b11-9+/t25?,26?,28-,31+,32-,37?,38-,39-,40-/m0/s1. The van der Waals surface area contributed by atoms with Gasteiger partial charge in [-0.25, -0.2) is 18.4 Å². The zero-order valence-corrected chi connectivity index (χ0v) is 34.0. The number of Topliss-reactive ketones (excluding diaryl/α,β-unsaturated/α-hetero) is 1. The number of unbranched alkanes of at least 4 members (excludes halogenated alkanes) is 1. The lowest BCUT2D eigenvalue weighted by atomic mass is 9.44. The molecule has 0 saturated heterocycles. The normalized spacial score (nSPS) is 31.3. The Labute approximate surface area is 353 Å². The van der Waals surface area contributed by atoms with Gasteiger partial charge in [0.1, 0.15) is 12.3 Å². The maximum atomic E-state index is 17.8. The Morgan fingerprint density at radius 2 is 1.58 bits per heavy atom. The summed E-state index contributed by atoms with van der Waals surface area (Å²) in [6.45, 7) is 1.18. The van der Waals surface area contributed by atoms with Gasteiger partial charge >= 0.3 is 18.1 Å². The van der Waals surface area contributed by atoms with Gasteiger partial charge in [0.15, 0.2) is 29.6 Å². The molecule has 0 amide bonds. The van der Waals surface area contributed by atoms with Crippen LogP contribution >= 0.6 is 0 Å². The molecule has 3 fully saturated rings. The molecule has 0 aliphatic heterocycles. The van der Waals surface area contributed by atoms with Crippen molar-refractivity contribution < 1.29 is 97.2 Å². The summed E-state index contributed by atoms with van der Waals surface area (Å²) >= 11 is 0. The van der Waals surface area contributed by atoms with E-state index >= 15 is 8.78 Å². The number of nitrogens with zero attached hydrogens (tertiary/aromatic N) is 2. The number of hydrogen-bond donors (Lipinski definition) is 6. The minimum Gasteiger partial charge on any atom is -0.493 e. The molecule has 3 unspecified atom stereocenters. The molecule has 0 bridgehead atoms. The highest BCUT2D eigenvalue weighted by molar-refractivity contribution is 6.01. The van der Waals surface area contributed by atoms with Gasteiger partial charge in [-0.1, -0.05) is 19.1 Å². The first-order valence-electron chi connectivity index (χ1n) is 19.6. The molecule has 6 N–H and O–H groups in total. The average Bonchev–Trinajstić information content (AvgIpc) is 3.43. The summed E-state index contributed by atoms with van der Waals surface area (Å²) in [5.41, 5.74) is -8.57. The zero-order chi connectivity index (χ0) is 45.6. The monoisotopic (exact) mass is 884 g/mol. The number of methoxy groups -OCH3 is 1. The van der Waals surface area contributed by atoms with Gasteiger partial charge in [-0.05, 0) is 92.9 Å². The minimum atomic E-state index is -2.61. The molecule has 1 aromatic carbocycles. The number of benzene rings is 1. The van der Waals surface area contributed by atoms with E-state index in [1.54, 1.807) is 0 Å². The van der Waals surface area contributed by atoms with E-state index in [4.69, 9.17) is 44.5 Å². The smallest absolute Gasteiger partial charge is 0.493 e. The van der Waals surface area contributed by atoms with E-state index in [1.165, 1.54) is 51.3 Å². The molecule has 1 aromatic rings. The molecule has 62 heavy (non-hydrogen) atoms. The van der Waals surface area contributed by atoms with Crippen molar-refractivity contribution in [2.45, 2.75) is 88.4 Å². The Morgan fingerprint density at radius 1 is 0.903 bits per heavy atom. The summed E-state index contributed by atoms with van der Waals surface area (Å²) in [6.07, 6.45) is -2.87. The average molecular weight is 885 g/mol. The number of carbonyl (C=O) groups excluding carboxylic acids is 5. The minimum absolute atomic E-state index is 0.0134. The van der Waals surface area contributed by atoms with Gasteiger partial charge in [-0.3, -0.25) is 44.9 Å². The van der Waals surface area contributed by atoms with Crippen LogP contribution in [0.5, 0.6) is 11.5 Å². The number of hydrogen-bond acceptors (Lipinski definition) is 20. The van der Waals surface area contributed by atoms with Crippen molar-refractivity contribution in [1.29, 1.82) is 0 Å². The van der Waals surface area contributed by atoms with E-state index in [0.717, 1.165) is 18.2 Å². The maximum Gasteiger partial charge on any atom is 0.514 e. The van der Waals surface area contributed by atoms with Crippen LogP contribution in [0.1, 0.15) is 64.4 Å². The van der Waals surface area contributed by atoms with Crippen LogP contribution in [-0.4, -0.2) is 135 Å². The Hall–Kier alpha value is -4.75. The van der Waals surface area contributed by atoms with Crippen molar-refractivity contribution in [2.24, 2.45) is 22.7 Å². The highest BCUT2D eigenvalue weighted by Crippen LogP contribution is 2.70. The third kappa shape index (κ3) is 9.58. The number of aliphatic hydroxyl groups excluding tert-OH is 2. The molecule has 3 saturated carbocycles. The number of rotatable bonds is 19. The van der Waals surface area contributed by atoms with Gasteiger partial charge in [0.05, 0.1) is 43.8 Å². The van der Waals surface area contributed by atoms with Gasteiger partial charge in [-0.15, -0.1) is 0 Å². The number of ketones is 2. The first-order chi connectivity index (χ1) is 29.2. The van der Waals surface area contributed by atoms with Crippen molar-refractivity contribution >= 4 is 35.7 Å². The summed E-state index contributed by atoms with van der Waals surface area (Å²) < 4.78 is 60.4. The van der Waals surface area contributed by atoms with Crippen molar-refractivity contribution in [1.82, 2.24) is 10.8 Å². The fraction of sp³-hybridized carbons (Fsp3) is 0.575. The van der Waals surface area contributed by atoms with Crippen LogP contribution in [0.4, 0.5) is 13.6 Å². The van der Waals surface area contributed by atoms with Crippen LogP contribution in [0.3, 0.4) is 0 Å². The number of carbonyl (C=O) groups is 5. The number of esters is 2. The Balaban J connectivity index is 1.33. The first-order valence-corrected chi connectivity index (χ1v) is 19.6. The van der Waals surface area contributed by atoms with Crippen LogP contribution in [-0.2, 0) is 43.1 Å². The fourth-order valence-electron chi connectivity index (χ4n) is 9.50. The van der Waals surface area contributed by atoms with Crippen LogP contribution in [0.25, 0.3) is 6.08 Å². The molecular formula is C40H50F2N2O18. The molecule has 0 heterocycles. The second-order valence-electron chi connectivity index (χ2n) is 15.8. The molecule has 0 radical (unpaired) electrons. The second kappa shape index (κ2) is 19.7. The number of alkyl halides is 2. The summed E-state index contributed by atoms with van der Waals surface area (Å²) in [6, 6.07) is 4.12. The van der Waals surface area contributed by atoms with Gasteiger partial charge in [0, 0.05) is 29.2 Å². The fourth-order valence-corrected chi connectivity index (χ4v) is 9.50. The Kier molecular flexibility index (Phi) is 15.4. The predicted molar refractivity (Wildman–Crippen MR) is 200 cm³/mol. The van der Waals surface area contributed by atoms with Crippen LogP contribution < -0.4 is 9.47 Å². The number of fused-ring (bicyclic) bond motifs is 5. The molecule has 4 aliphatic carbocycles. The lowest BCUT2D eigenvalue weighted by Gasteiger charge is -2.63. The van der Waals surface area contributed by atoms with Crippen molar-refractivity contribution in [3.8, 4) is 11.5 Å². The van der Waals surface area contributed by atoms with Crippen LogP contribution in [0.15, 0.2) is 48.1 Å². The number of ether oxygens (including phenoxy) is 5. The summed E-state index contributed by atoms with van der Waals surface area (Å²) in [4.78, 5) is 74.1. The Bertz CT molecular complexity index is 1940. The molecular weight excluding hydrogens is 834 g/mol. The third-order valence-corrected chi connectivity index (χ3v) is 12.3. The van der Waals surface area contributed by atoms with E-state index in [-0.39, 0.29) is 36.7 Å². The molecule has 22 heteroatoms. The lowest BCUT2D eigenvalue weighted by molar-refractivity contribution is -0.492. The number of allylic oxidation sites excluding steroid dienone is 4. The summed E-state index contributed by atoms with van der Waals surface area (Å²) in [5.74, 6) is -6.23. The molecule has 342 valence electrons. The van der Waals surface area contributed by atoms with E-state index < -0.39 is 132 Å². The van der Waals surface area contributed by atoms with Gasteiger partial charge < -0.3 is 33.9 Å². The van der Waals surface area contributed by atoms with E-state index in [0.29, 0.717) is 18.4 Å². The number of aliphatic hydroxyl groups is 2. The third-order valence-electron chi connectivity index (χ3n) is 12.3. The number of halogens is 2. The SMILES string of the molecule is COc1cc(/C=C/C(=O)OCCCCON(O)O)ccc1OC(=O)OCC(=O)[C@@]1(OC(=O)CCCON(O)O)[C@H](O)CC2C3C[C@H](F)C4=CC(=O)C=CC4(C)[C@@]3(F)[C@@H](O)C[C@@]21C. The highest BCUT2D eigenvalue weighted by atomic mass is 19.1. The Morgan fingerprint density at radius 3 is 2.26 bits per heavy atom.